The molecule has 0 fully saturated rings. The number of ketones is 1. The summed E-state index contributed by atoms with van der Waals surface area (Å²) in [7, 11) is 0. The smallest absolute Gasteiger partial charge is 0.348 e. The molecule has 0 aliphatic heterocycles. The fourth-order valence-corrected chi connectivity index (χ4v) is 4.42. The first kappa shape index (κ1) is 23.0. The number of aromatic nitrogens is 1. The van der Waals surface area contributed by atoms with Crippen molar-refractivity contribution in [3.05, 3.63) is 79.8 Å². The number of benzene rings is 1. The van der Waals surface area contributed by atoms with Crippen LogP contribution in [0.1, 0.15) is 38.3 Å². The van der Waals surface area contributed by atoms with Crippen molar-refractivity contribution < 1.29 is 14.3 Å². The van der Waals surface area contributed by atoms with Gasteiger partial charge in [-0.2, -0.15) is 10.5 Å². The van der Waals surface area contributed by atoms with E-state index in [9.17, 15) is 20.1 Å². The van der Waals surface area contributed by atoms with E-state index in [1.54, 1.807) is 32.0 Å². The standard InChI is InChI=1S/C24H18ClN3O3S/c1-3-31-24(30)23-15(2)20(14-27)22(32-23)12-21(29)16(13-26)11-19-5-4-10-28(19)18-8-6-17(25)7-9-18/h4-11H,3,12H2,1-2H3/b16-11+. The molecule has 0 radical (unpaired) electrons. The number of ether oxygens (including phenoxy) is 1. The van der Waals surface area contributed by atoms with Crippen LogP contribution in [0.2, 0.25) is 5.02 Å². The average molecular weight is 464 g/mol. The number of hydrogen-bond acceptors (Lipinski definition) is 6. The number of hydrogen-bond donors (Lipinski definition) is 0. The fourth-order valence-electron chi connectivity index (χ4n) is 3.15. The number of Topliss-reactive ketones (excluding diaryl/α,β-unsaturated/α-hetero) is 1. The van der Waals surface area contributed by atoms with Gasteiger partial charge in [0.2, 0.25) is 0 Å². The first-order valence-corrected chi connectivity index (χ1v) is 10.9. The minimum Gasteiger partial charge on any atom is -0.462 e. The van der Waals surface area contributed by atoms with Crippen molar-refractivity contribution in [2.45, 2.75) is 20.3 Å². The second-order valence-electron chi connectivity index (χ2n) is 6.74. The third-order valence-corrected chi connectivity index (χ3v) is 6.24. The molecule has 6 nitrogen and oxygen atoms in total. The number of carbonyl (C=O) groups is 2. The molecule has 32 heavy (non-hydrogen) atoms. The van der Waals surface area contributed by atoms with Gasteiger partial charge >= 0.3 is 5.97 Å². The highest BCUT2D eigenvalue weighted by atomic mass is 35.5. The third kappa shape index (κ3) is 4.81. The summed E-state index contributed by atoms with van der Waals surface area (Å²) in [5.41, 5.74) is 2.18. The van der Waals surface area contributed by atoms with Gasteiger partial charge in [-0.15, -0.1) is 11.3 Å². The average Bonchev–Trinajstić information content (AvgIpc) is 3.36. The Morgan fingerprint density at radius 1 is 1.22 bits per heavy atom. The molecule has 0 saturated carbocycles. The Kier molecular flexibility index (Phi) is 7.27. The molecule has 160 valence electrons. The Balaban J connectivity index is 1.91. The Labute approximate surface area is 194 Å². The summed E-state index contributed by atoms with van der Waals surface area (Å²) in [5, 5.41) is 19.7. The molecule has 2 heterocycles. The van der Waals surface area contributed by atoms with Crippen molar-refractivity contribution in [1.82, 2.24) is 4.57 Å². The summed E-state index contributed by atoms with van der Waals surface area (Å²) in [6, 6.07) is 14.8. The molecule has 0 spiro atoms. The monoisotopic (exact) mass is 463 g/mol. The molecule has 0 amide bonds. The van der Waals surface area contributed by atoms with Crippen LogP contribution >= 0.6 is 22.9 Å². The topological polar surface area (TPSA) is 95.9 Å². The second-order valence-corrected chi connectivity index (χ2v) is 8.28. The van der Waals surface area contributed by atoms with Crippen LogP contribution < -0.4 is 0 Å². The highest BCUT2D eigenvalue weighted by Crippen LogP contribution is 2.30. The first-order chi connectivity index (χ1) is 15.4. The zero-order chi connectivity index (χ0) is 23.3. The third-order valence-electron chi connectivity index (χ3n) is 4.71. The minimum absolute atomic E-state index is 0.0495. The number of carbonyl (C=O) groups excluding carboxylic acids is 2. The number of thiophene rings is 1. The van der Waals surface area contributed by atoms with Crippen LogP contribution in [0.15, 0.2) is 48.2 Å². The molecule has 3 aromatic rings. The zero-order valence-corrected chi connectivity index (χ0v) is 19.0. The van der Waals surface area contributed by atoms with Gasteiger partial charge in [-0.25, -0.2) is 4.79 Å². The fraction of sp³-hybridized carbons (Fsp3) is 0.167. The van der Waals surface area contributed by atoms with Gasteiger partial charge in [0.25, 0.3) is 0 Å². The number of rotatable bonds is 7. The first-order valence-electron chi connectivity index (χ1n) is 9.67. The Morgan fingerprint density at radius 3 is 2.56 bits per heavy atom. The van der Waals surface area contributed by atoms with E-state index in [1.807, 2.05) is 35.0 Å². The van der Waals surface area contributed by atoms with Crippen LogP contribution in [-0.2, 0) is 16.0 Å². The van der Waals surface area contributed by atoms with Crippen LogP contribution in [-0.4, -0.2) is 22.9 Å². The minimum atomic E-state index is -0.526. The van der Waals surface area contributed by atoms with Crippen molar-refractivity contribution in [3.8, 4) is 17.8 Å². The number of esters is 1. The Hall–Kier alpha value is -3.65. The summed E-state index contributed by atoms with van der Waals surface area (Å²) < 4.78 is 6.86. The zero-order valence-electron chi connectivity index (χ0n) is 17.4. The van der Waals surface area contributed by atoms with Crippen molar-refractivity contribution in [1.29, 1.82) is 10.5 Å². The summed E-state index contributed by atoms with van der Waals surface area (Å²) in [5.74, 6) is -0.966. The van der Waals surface area contributed by atoms with Crippen LogP contribution in [0.5, 0.6) is 0 Å². The maximum absolute atomic E-state index is 12.9. The van der Waals surface area contributed by atoms with E-state index in [-0.39, 0.29) is 24.2 Å². The highest BCUT2D eigenvalue weighted by Gasteiger charge is 2.23. The number of allylic oxidation sites excluding steroid dienone is 1. The summed E-state index contributed by atoms with van der Waals surface area (Å²) in [4.78, 5) is 25.8. The molecule has 0 atom stereocenters. The lowest BCUT2D eigenvalue weighted by molar-refractivity contribution is -0.114. The predicted octanol–water partition coefficient (Wildman–Crippen LogP) is 5.27. The molecule has 0 bridgehead atoms. The highest BCUT2D eigenvalue weighted by molar-refractivity contribution is 7.14. The molecule has 8 heteroatoms. The van der Waals surface area contributed by atoms with E-state index in [1.165, 1.54) is 6.08 Å². The lowest BCUT2D eigenvalue weighted by atomic mass is 10.0. The van der Waals surface area contributed by atoms with Crippen LogP contribution in [0, 0.1) is 29.6 Å². The molecule has 0 aliphatic carbocycles. The van der Waals surface area contributed by atoms with E-state index in [2.05, 4.69) is 6.07 Å². The molecule has 1 aromatic carbocycles. The molecule has 0 saturated heterocycles. The van der Waals surface area contributed by atoms with Gasteiger partial charge in [-0.1, -0.05) is 11.6 Å². The van der Waals surface area contributed by atoms with E-state index >= 15 is 0 Å². The SMILES string of the molecule is CCOC(=O)c1sc(CC(=O)/C(C#N)=C/c2cccn2-c2ccc(Cl)cc2)c(C#N)c1C. The maximum atomic E-state index is 12.9. The van der Waals surface area contributed by atoms with Crippen LogP contribution in [0.25, 0.3) is 11.8 Å². The molecular weight excluding hydrogens is 446 g/mol. The van der Waals surface area contributed by atoms with E-state index in [0.717, 1.165) is 17.0 Å². The van der Waals surface area contributed by atoms with Crippen LogP contribution in [0.3, 0.4) is 0 Å². The largest absolute Gasteiger partial charge is 0.462 e. The molecule has 0 N–H and O–H groups in total. The summed E-state index contributed by atoms with van der Waals surface area (Å²) in [6.45, 7) is 3.55. The molecule has 0 unspecified atom stereocenters. The van der Waals surface area contributed by atoms with Crippen molar-refractivity contribution in [2.24, 2.45) is 0 Å². The normalized spacial score (nSPS) is 11.0. The van der Waals surface area contributed by atoms with Gasteiger partial charge in [-0.3, -0.25) is 4.79 Å². The van der Waals surface area contributed by atoms with E-state index in [4.69, 9.17) is 16.3 Å². The Bertz CT molecular complexity index is 1290. The lowest BCUT2D eigenvalue weighted by Gasteiger charge is -2.07. The number of nitrogens with zero attached hydrogens (tertiary/aromatic N) is 3. The molecule has 3 rings (SSSR count). The van der Waals surface area contributed by atoms with Gasteiger partial charge in [0.1, 0.15) is 17.0 Å². The number of halogens is 1. The van der Waals surface area contributed by atoms with Gasteiger partial charge in [0.15, 0.2) is 5.78 Å². The lowest BCUT2D eigenvalue weighted by Crippen LogP contribution is -2.06. The Morgan fingerprint density at radius 2 is 1.94 bits per heavy atom. The van der Waals surface area contributed by atoms with Gasteiger partial charge in [0.05, 0.1) is 17.7 Å². The molecular formula is C24H18ClN3O3S. The van der Waals surface area contributed by atoms with E-state index < -0.39 is 11.8 Å². The van der Waals surface area contributed by atoms with Gasteiger partial charge in [0, 0.05) is 33.9 Å². The van der Waals surface area contributed by atoms with E-state index in [0.29, 0.717) is 26.0 Å². The molecule has 0 aliphatic rings. The second kappa shape index (κ2) is 10.1. The summed E-state index contributed by atoms with van der Waals surface area (Å²) >= 11 is 7.01. The number of nitriles is 2. The van der Waals surface area contributed by atoms with Crippen molar-refractivity contribution >= 4 is 40.8 Å². The maximum Gasteiger partial charge on any atom is 0.348 e. The van der Waals surface area contributed by atoms with Gasteiger partial charge in [-0.05, 0) is 61.9 Å². The van der Waals surface area contributed by atoms with Crippen LogP contribution in [0.4, 0.5) is 0 Å². The van der Waals surface area contributed by atoms with Crippen molar-refractivity contribution in [2.75, 3.05) is 6.61 Å². The predicted molar refractivity (Wildman–Crippen MR) is 123 cm³/mol. The molecule has 2 aromatic heterocycles. The quantitative estimate of drug-likeness (QED) is 0.270. The summed E-state index contributed by atoms with van der Waals surface area (Å²) in [6.07, 6.45) is 3.17. The van der Waals surface area contributed by atoms with Gasteiger partial charge < -0.3 is 9.30 Å². The van der Waals surface area contributed by atoms with Crippen molar-refractivity contribution in [3.63, 3.8) is 0 Å².